The molecule has 0 unspecified atom stereocenters. The van der Waals surface area contributed by atoms with Gasteiger partial charge in [-0.2, -0.15) is 0 Å². The Hall–Kier alpha value is -2.53. The minimum atomic E-state index is -0.189. The van der Waals surface area contributed by atoms with Gasteiger partial charge in [-0.3, -0.25) is 9.59 Å². The van der Waals surface area contributed by atoms with Crippen LogP contribution in [0, 0.1) is 6.92 Å². The number of hydrogen-bond acceptors (Lipinski definition) is 4. The summed E-state index contributed by atoms with van der Waals surface area (Å²) in [7, 11) is 0. The number of fused-ring (bicyclic) bond motifs is 1. The van der Waals surface area contributed by atoms with E-state index in [0.717, 1.165) is 15.8 Å². The lowest BCUT2D eigenvalue weighted by molar-refractivity contribution is -0.116. The number of nitrogens with zero attached hydrogens (tertiary/aromatic N) is 1. The van der Waals surface area contributed by atoms with Crippen LogP contribution in [0.5, 0.6) is 0 Å². The summed E-state index contributed by atoms with van der Waals surface area (Å²) in [5.74, 6) is -0.216. The van der Waals surface area contributed by atoms with Gasteiger partial charge < -0.3 is 5.32 Å². The van der Waals surface area contributed by atoms with Gasteiger partial charge >= 0.3 is 0 Å². The summed E-state index contributed by atoms with van der Waals surface area (Å²) in [5.41, 5.74) is 2.63. The van der Waals surface area contributed by atoms with E-state index in [-0.39, 0.29) is 24.5 Å². The van der Waals surface area contributed by atoms with Gasteiger partial charge in [0, 0.05) is 18.4 Å². The fourth-order valence-electron chi connectivity index (χ4n) is 2.32. The standard InChI is InChI=1S/C18H16N2O2S/c1-12-6-5-9-15-17(12)20-18(23-15)19-16(22)11-10-14(21)13-7-3-2-4-8-13/h2-9H,10-11H2,1H3,(H,19,20,22). The molecular formula is C18H16N2O2S. The van der Waals surface area contributed by atoms with Crippen molar-refractivity contribution < 1.29 is 9.59 Å². The van der Waals surface area contributed by atoms with E-state index in [1.165, 1.54) is 11.3 Å². The van der Waals surface area contributed by atoms with Crippen LogP contribution in [0.4, 0.5) is 5.13 Å². The molecule has 3 aromatic rings. The molecule has 0 aliphatic heterocycles. The number of amides is 1. The van der Waals surface area contributed by atoms with E-state index in [2.05, 4.69) is 10.3 Å². The Balaban J connectivity index is 1.60. The molecule has 1 N–H and O–H groups in total. The summed E-state index contributed by atoms with van der Waals surface area (Å²) in [6.45, 7) is 1.99. The highest BCUT2D eigenvalue weighted by molar-refractivity contribution is 7.22. The van der Waals surface area contributed by atoms with Crippen molar-refractivity contribution in [1.29, 1.82) is 0 Å². The Morgan fingerprint density at radius 3 is 2.57 bits per heavy atom. The molecule has 5 heteroatoms. The van der Waals surface area contributed by atoms with Crippen molar-refractivity contribution in [2.24, 2.45) is 0 Å². The van der Waals surface area contributed by atoms with Gasteiger partial charge in [0.2, 0.25) is 5.91 Å². The van der Waals surface area contributed by atoms with Crippen molar-refractivity contribution in [3.8, 4) is 0 Å². The quantitative estimate of drug-likeness (QED) is 0.715. The highest BCUT2D eigenvalue weighted by atomic mass is 32.1. The van der Waals surface area contributed by atoms with Gasteiger partial charge in [0.25, 0.3) is 0 Å². The third-order valence-corrected chi connectivity index (χ3v) is 4.48. The van der Waals surface area contributed by atoms with E-state index in [9.17, 15) is 9.59 Å². The number of benzene rings is 2. The Labute approximate surface area is 138 Å². The van der Waals surface area contributed by atoms with Gasteiger partial charge in [-0.15, -0.1) is 0 Å². The molecule has 0 bridgehead atoms. The largest absolute Gasteiger partial charge is 0.302 e. The molecule has 0 fully saturated rings. The number of nitrogens with one attached hydrogen (secondary N) is 1. The lowest BCUT2D eigenvalue weighted by Gasteiger charge is -2.01. The number of rotatable bonds is 5. The maximum Gasteiger partial charge on any atom is 0.226 e. The molecule has 0 radical (unpaired) electrons. The lowest BCUT2D eigenvalue weighted by atomic mass is 10.1. The zero-order chi connectivity index (χ0) is 16.2. The molecule has 1 heterocycles. The normalized spacial score (nSPS) is 10.7. The Morgan fingerprint density at radius 1 is 1.04 bits per heavy atom. The van der Waals surface area contributed by atoms with Crippen molar-refractivity contribution >= 4 is 38.4 Å². The first kappa shape index (κ1) is 15.4. The number of ketones is 1. The fraction of sp³-hybridized carbons (Fsp3) is 0.167. The molecule has 3 rings (SSSR count). The topological polar surface area (TPSA) is 59.1 Å². The van der Waals surface area contributed by atoms with Gasteiger partial charge in [0.15, 0.2) is 10.9 Å². The molecule has 2 aromatic carbocycles. The predicted octanol–water partition coefficient (Wildman–Crippen LogP) is 4.21. The second-order valence-electron chi connectivity index (χ2n) is 5.28. The minimum Gasteiger partial charge on any atom is -0.302 e. The van der Waals surface area contributed by atoms with Gasteiger partial charge in [-0.25, -0.2) is 4.98 Å². The molecule has 0 spiro atoms. The zero-order valence-corrected chi connectivity index (χ0v) is 13.5. The van der Waals surface area contributed by atoms with E-state index >= 15 is 0 Å². The SMILES string of the molecule is Cc1cccc2sc(NC(=O)CCC(=O)c3ccccc3)nc12. The number of aryl methyl sites for hydroxylation is 1. The summed E-state index contributed by atoms with van der Waals surface area (Å²) < 4.78 is 1.04. The minimum absolute atomic E-state index is 0.0269. The number of hydrogen-bond donors (Lipinski definition) is 1. The van der Waals surface area contributed by atoms with Gasteiger partial charge in [-0.05, 0) is 18.6 Å². The molecular weight excluding hydrogens is 308 g/mol. The van der Waals surface area contributed by atoms with Gasteiger partial charge in [0.05, 0.1) is 10.2 Å². The maximum absolute atomic E-state index is 12.0. The van der Waals surface area contributed by atoms with Gasteiger partial charge in [-0.1, -0.05) is 53.8 Å². The Morgan fingerprint density at radius 2 is 1.83 bits per heavy atom. The number of aromatic nitrogens is 1. The smallest absolute Gasteiger partial charge is 0.226 e. The Bertz CT molecular complexity index is 856. The number of para-hydroxylation sites is 1. The summed E-state index contributed by atoms with van der Waals surface area (Å²) in [4.78, 5) is 28.4. The van der Waals surface area contributed by atoms with Crippen LogP contribution in [0.3, 0.4) is 0 Å². The van der Waals surface area contributed by atoms with Crippen molar-refractivity contribution in [1.82, 2.24) is 4.98 Å². The maximum atomic E-state index is 12.0. The second-order valence-corrected chi connectivity index (χ2v) is 6.31. The van der Waals surface area contributed by atoms with Crippen LogP contribution in [0.1, 0.15) is 28.8 Å². The van der Waals surface area contributed by atoms with Crippen LogP contribution >= 0.6 is 11.3 Å². The van der Waals surface area contributed by atoms with E-state index in [4.69, 9.17) is 0 Å². The average Bonchev–Trinajstić information content (AvgIpc) is 2.97. The first-order valence-electron chi connectivity index (χ1n) is 7.38. The molecule has 1 aromatic heterocycles. The monoisotopic (exact) mass is 324 g/mol. The van der Waals surface area contributed by atoms with Crippen molar-refractivity contribution in [2.45, 2.75) is 19.8 Å². The molecule has 116 valence electrons. The lowest BCUT2D eigenvalue weighted by Crippen LogP contribution is -2.13. The van der Waals surface area contributed by atoms with Gasteiger partial charge in [0.1, 0.15) is 0 Å². The fourth-order valence-corrected chi connectivity index (χ4v) is 3.28. The summed E-state index contributed by atoms with van der Waals surface area (Å²) in [6, 6.07) is 15.0. The molecule has 1 amide bonds. The van der Waals surface area contributed by atoms with Crippen LogP contribution < -0.4 is 5.32 Å². The number of carbonyl (C=O) groups excluding carboxylic acids is 2. The Kier molecular flexibility index (Phi) is 4.48. The van der Waals surface area contributed by atoms with Crippen molar-refractivity contribution in [3.63, 3.8) is 0 Å². The molecule has 0 atom stereocenters. The van der Waals surface area contributed by atoms with Crippen LogP contribution in [0.25, 0.3) is 10.2 Å². The predicted molar refractivity (Wildman–Crippen MR) is 93.0 cm³/mol. The molecule has 4 nitrogen and oxygen atoms in total. The highest BCUT2D eigenvalue weighted by Gasteiger charge is 2.12. The van der Waals surface area contributed by atoms with Crippen LogP contribution in [0.15, 0.2) is 48.5 Å². The molecule has 0 saturated carbocycles. The van der Waals surface area contributed by atoms with Crippen LogP contribution in [-0.4, -0.2) is 16.7 Å². The van der Waals surface area contributed by atoms with Crippen molar-refractivity contribution in [3.05, 3.63) is 59.7 Å². The van der Waals surface area contributed by atoms with E-state index in [1.54, 1.807) is 12.1 Å². The summed E-state index contributed by atoms with van der Waals surface area (Å²) in [5, 5.41) is 3.36. The number of anilines is 1. The zero-order valence-electron chi connectivity index (χ0n) is 12.7. The number of carbonyl (C=O) groups is 2. The average molecular weight is 324 g/mol. The number of thiazole rings is 1. The number of Topliss-reactive ketones (excluding diaryl/α,β-unsaturated/α-hetero) is 1. The summed E-state index contributed by atoms with van der Waals surface area (Å²) >= 11 is 1.44. The second kappa shape index (κ2) is 6.71. The third-order valence-electron chi connectivity index (χ3n) is 3.54. The first-order valence-corrected chi connectivity index (χ1v) is 8.19. The molecule has 23 heavy (non-hydrogen) atoms. The van der Waals surface area contributed by atoms with E-state index < -0.39 is 0 Å². The first-order chi connectivity index (χ1) is 11.1. The van der Waals surface area contributed by atoms with E-state index in [0.29, 0.717) is 10.7 Å². The highest BCUT2D eigenvalue weighted by Crippen LogP contribution is 2.27. The van der Waals surface area contributed by atoms with Crippen molar-refractivity contribution in [2.75, 3.05) is 5.32 Å². The molecule has 0 aliphatic rings. The van der Waals surface area contributed by atoms with Crippen LogP contribution in [0.2, 0.25) is 0 Å². The third kappa shape index (κ3) is 3.63. The summed E-state index contributed by atoms with van der Waals surface area (Å²) in [6.07, 6.45) is 0.350. The molecule has 0 aliphatic carbocycles. The van der Waals surface area contributed by atoms with E-state index in [1.807, 2.05) is 43.3 Å². The molecule has 0 saturated heterocycles. The van der Waals surface area contributed by atoms with Crippen LogP contribution in [-0.2, 0) is 4.79 Å².